The highest BCUT2D eigenvalue weighted by Gasteiger charge is 2.19. The number of hydrogen-bond acceptors (Lipinski definition) is 7. The molecule has 2 aromatic rings. The van der Waals surface area contributed by atoms with E-state index < -0.39 is 17.3 Å². The van der Waals surface area contributed by atoms with E-state index in [1.807, 2.05) is 0 Å². The minimum absolute atomic E-state index is 0.0347. The monoisotopic (exact) mass is 386 g/mol. The van der Waals surface area contributed by atoms with Crippen LogP contribution in [0.15, 0.2) is 21.7 Å². The van der Waals surface area contributed by atoms with E-state index in [9.17, 15) is 8.42 Å². The highest BCUT2D eigenvalue weighted by Crippen LogP contribution is 2.28. The summed E-state index contributed by atoms with van der Waals surface area (Å²) in [5.41, 5.74) is 0.209. The van der Waals surface area contributed by atoms with Gasteiger partial charge in [-0.05, 0) is 22.4 Å². The second-order valence-electron chi connectivity index (χ2n) is 2.82. The van der Waals surface area contributed by atoms with Crippen molar-refractivity contribution in [3.63, 3.8) is 0 Å². The van der Waals surface area contributed by atoms with Crippen LogP contribution < -0.4 is 0 Å². The van der Waals surface area contributed by atoms with Crippen molar-refractivity contribution in [1.82, 2.24) is 10.3 Å². The topological polar surface area (TPSA) is 107 Å². The molecule has 0 amide bonds. The van der Waals surface area contributed by atoms with Crippen molar-refractivity contribution < 1.29 is 21.5 Å². The summed E-state index contributed by atoms with van der Waals surface area (Å²) in [5.74, 6) is 0. The minimum Gasteiger partial charge on any atom is -0.243 e. The van der Waals surface area contributed by atoms with E-state index in [2.05, 4.69) is 36.3 Å². The van der Waals surface area contributed by atoms with Gasteiger partial charge in [0.1, 0.15) is 4.90 Å². The third kappa shape index (κ3) is 5.28. The molecule has 0 radical (unpaired) electrons. The van der Waals surface area contributed by atoms with Crippen molar-refractivity contribution in [2.75, 3.05) is 0 Å². The van der Waals surface area contributed by atoms with Crippen molar-refractivity contribution in [2.24, 2.45) is 0 Å². The van der Waals surface area contributed by atoms with Gasteiger partial charge in [0.15, 0.2) is 11.0 Å². The molecule has 0 bridgehead atoms. The molecule has 1 aromatic carbocycles. The predicted octanol–water partition coefficient (Wildman–Crippen LogP) is 2.51. The Hall–Kier alpha value is -0.320. The molecule has 0 saturated carbocycles. The first kappa shape index (κ1) is 16.7. The van der Waals surface area contributed by atoms with Crippen LogP contribution in [-0.4, -0.2) is 27.1 Å². The van der Waals surface area contributed by atoms with Gasteiger partial charge in [-0.2, -0.15) is 8.42 Å². The zero-order chi connectivity index (χ0) is 14.8. The number of fused-ring (bicyclic) bond motifs is 1. The standard InChI is InChI=1S/C6H2Cl2N2O3S.Cl2O2S/c7-3-1-2-4(14(8,11)12)6-5(3)9-13-10-6;1-5(2,3)4/h1-2H;. The number of aromatic nitrogens is 2. The molecule has 13 heteroatoms. The lowest BCUT2D eigenvalue weighted by Crippen LogP contribution is -1.92. The Morgan fingerprint density at radius 3 is 1.89 bits per heavy atom. The molecule has 0 unspecified atom stereocenters. The molecule has 0 aliphatic rings. The number of benzene rings is 1. The zero-order valence-corrected chi connectivity index (χ0v) is 13.1. The summed E-state index contributed by atoms with van der Waals surface area (Å²) in [5, 5.41) is 7.12. The number of nitrogens with zero attached hydrogens (tertiary/aromatic N) is 2. The second-order valence-corrected chi connectivity index (χ2v) is 9.43. The molecule has 1 heterocycles. The Labute approximate surface area is 125 Å². The maximum absolute atomic E-state index is 11.1. The van der Waals surface area contributed by atoms with Gasteiger partial charge in [-0.15, -0.1) is 0 Å². The number of hydrogen-bond donors (Lipinski definition) is 0. The quantitative estimate of drug-likeness (QED) is 0.691. The molecular weight excluding hydrogens is 386 g/mol. The average Bonchev–Trinajstić information content (AvgIpc) is 2.62. The van der Waals surface area contributed by atoms with E-state index in [0.717, 1.165) is 0 Å². The lowest BCUT2D eigenvalue weighted by molar-refractivity contribution is 0.315. The minimum atomic E-state index is -3.87. The second kappa shape index (κ2) is 5.98. The van der Waals surface area contributed by atoms with Gasteiger partial charge in [0.25, 0.3) is 9.05 Å². The Morgan fingerprint density at radius 1 is 0.947 bits per heavy atom. The largest absolute Gasteiger partial charge is 0.317 e. The van der Waals surface area contributed by atoms with Gasteiger partial charge >= 0.3 is 8.26 Å². The molecule has 19 heavy (non-hydrogen) atoms. The van der Waals surface area contributed by atoms with Crippen molar-refractivity contribution >= 4 is 72.0 Å². The Kier molecular flexibility index (Phi) is 5.27. The molecule has 0 saturated heterocycles. The van der Waals surface area contributed by atoms with E-state index in [0.29, 0.717) is 0 Å². The van der Waals surface area contributed by atoms with Crippen LogP contribution in [0.25, 0.3) is 11.0 Å². The molecule has 1 aromatic heterocycles. The van der Waals surface area contributed by atoms with Crippen LogP contribution >= 0.6 is 43.6 Å². The summed E-state index contributed by atoms with van der Waals surface area (Å²) in [7, 11) is 6.11. The van der Waals surface area contributed by atoms with Gasteiger partial charge in [0, 0.05) is 32.0 Å². The Bertz CT molecular complexity index is 792. The maximum Gasteiger partial charge on any atom is 0.317 e. The molecule has 106 valence electrons. The highest BCUT2D eigenvalue weighted by atomic mass is 36.0. The summed E-state index contributed by atoms with van der Waals surface area (Å²) < 4.78 is 44.8. The molecule has 7 nitrogen and oxygen atoms in total. The molecule has 0 aliphatic heterocycles. The highest BCUT2D eigenvalue weighted by molar-refractivity contribution is 8.31. The van der Waals surface area contributed by atoms with Gasteiger partial charge in [-0.25, -0.2) is 13.0 Å². The summed E-state index contributed by atoms with van der Waals surface area (Å²) in [4.78, 5) is -0.167. The fourth-order valence-corrected chi connectivity index (χ4v) is 2.17. The van der Waals surface area contributed by atoms with Gasteiger partial charge in [0.2, 0.25) is 0 Å². The summed E-state index contributed by atoms with van der Waals surface area (Å²) in [6, 6.07) is 2.61. The van der Waals surface area contributed by atoms with Crippen LogP contribution in [0.2, 0.25) is 5.02 Å². The lowest BCUT2D eigenvalue weighted by Gasteiger charge is -1.95. The third-order valence-corrected chi connectivity index (χ3v) is 3.25. The summed E-state index contributed by atoms with van der Waals surface area (Å²) in [6.45, 7) is 0. The van der Waals surface area contributed by atoms with Crippen LogP contribution in [0.5, 0.6) is 0 Å². The Balaban J connectivity index is 0.000000312. The summed E-state index contributed by atoms with van der Waals surface area (Å²) in [6.07, 6.45) is 0. The lowest BCUT2D eigenvalue weighted by atomic mass is 10.3. The fourth-order valence-electron chi connectivity index (χ4n) is 1.01. The molecule has 0 atom stereocenters. The summed E-state index contributed by atoms with van der Waals surface area (Å²) >= 11 is 5.72. The van der Waals surface area contributed by atoms with Crippen LogP contribution in [0, 0.1) is 0 Å². The smallest absolute Gasteiger partial charge is 0.243 e. The van der Waals surface area contributed by atoms with Crippen molar-refractivity contribution in [3.8, 4) is 0 Å². The predicted molar refractivity (Wildman–Crippen MR) is 70.5 cm³/mol. The average molecular weight is 388 g/mol. The van der Waals surface area contributed by atoms with Crippen molar-refractivity contribution in [3.05, 3.63) is 17.2 Å². The van der Waals surface area contributed by atoms with E-state index in [4.69, 9.17) is 30.7 Å². The van der Waals surface area contributed by atoms with Crippen LogP contribution in [0.3, 0.4) is 0 Å². The third-order valence-electron chi connectivity index (χ3n) is 1.59. The first-order valence-corrected chi connectivity index (χ1v) is 9.82. The van der Waals surface area contributed by atoms with Crippen LogP contribution in [0.1, 0.15) is 0 Å². The zero-order valence-electron chi connectivity index (χ0n) is 8.42. The molecule has 2 rings (SSSR count). The van der Waals surface area contributed by atoms with E-state index >= 15 is 0 Å². The first-order chi connectivity index (χ1) is 8.50. The van der Waals surface area contributed by atoms with Gasteiger partial charge in [0.05, 0.1) is 5.02 Å². The SMILES string of the molecule is O=S(=O)(Cl)Cl.O=S(=O)(Cl)c1ccc(Cl)c2nonc12. The van der Waals surface area contributed by atoms with Crippen LogP contribution in [-0.2, 0) is 17.3 Å². The Morgan fingerprint density at radius 2 is 1.42 bits per heavy atom. The van der Waals surface area contributed by atoms with Gasteiger partial charge in [-0.1, -0.05) is 11.6 Å². The molecule has 0 N–H and O–H groups in total. The number of halogens is 4. The maximum atomic E-state index is 11.1. The molecule has 0 aliphatic carbocycles. The number of rotatable bonds is 1. The van der Waals surface area contributed by atoms with E-state index in [1.54, 1.807) is 0 Å². The van der Waals surface area contributed by atoms with Crippen molar-refractivity contribution in [1.29, 1.82) is 0 Å². The molecule has 0 fully saturated rings. The van der Waals surface area contributed by atoms with E-state index in [1.165, 1.54) is 12.1 Å². The molecular formula is C6H2Cl4N2O5S2. The van der Waals surface area contributed by atoms with Gasteiger partial charge < -0.3 is 0 Å². The normalized spacial score (nSPS) is 12.0. The van der Waals surface area contributed by atoms with E-state index in [-0.39, 0.29) is 21.0 Å². The first-order valence-electron chi connectivity index (χ1n) is 4.00. The van der Waals surface area contributed by atoms with Crippen molar-refractivity contribution in [2.45, 2.75) is 4.90 Å². The fraction of sp³-hybridized carbons (Fsp3) is 0. The molecule has 0 spiro atoms. The van der Waals surface area contributed by atoms with Crippen LogP contribution in [0.4, 0.5) is 0 Å². The van der Waals surface area contributed by atoms with Gasteiger partial charge in [-0.3, -0.25) is 0 Å².